The zero-order chi connectivity index (χ0) is 17.4. The van der Waals surface area contributed by atoms with Crippen molar-refractivity contribution in [3.05, 3.63) is 35.2 Å². The van der Waals surface area contributed by atoms with Crippen molar-refractivity contribution in [2.45, 2.75) is 44.8 Å². The summed E-state index contributed by atoms with van der Waals surface area (Å²) in [5.41, 5.74) is 2.29. The van der Waals surface area contributed by atoms with Crippen LogP contribution in [0.5, 0.6) is 5.75 Å². The fraction of sp³-hybridized carbons (Fsp3) is 0.368. The molecule has 1 aliphatic carbocycles. The SMILES string of the molecule is Cc1cc(-c2ccc3sccc3c2O)nnc1NC1CCCCC1O. The lowest BCUT2D eigenvalue weighted by Gasteiger charge is -2.29. The first-order chi connectivity index (χ1) is 12.1. The molecule has 0 bridgehead atoms. The van der Waals surface area contributed by atoms with Crippen LogP contribution < -0.4 is 5.32 Å². The Labute approximate surface area is 150 Å². The molecule has 1 aliphatic rings. The van der Waals surface area contributed by atoms with E-state index in [9.17, 15) is 10.2 Å². The maximum Gasteiger partial charge on any atom is 0.151 e. The highest BCUT2D eigenvalue weighted by Crippen LogP contribution is 2.37. The molecule has 25 heavy (non-hydrogen) atoms. The molecule has 130 valence electrons. The van der Waals surface area contributed by atoms with Crippen LogP contribution in [-0.2, 0) is 0 Å². The van der Waals surface area contributed by atoms with Gasteiger partial charge in [0.05, 0.1) is 17.8 Å². The van der Waals surface area contributed by atoms with E-state index < -0.39 is 0 Å². The van der Waals surface area contributed by atoms with Gasteiger partial charge in [0, 0.05) is 15.6 Å². The van der Waals surface area contributed by atoms with Crippen molar-refractivity contribution < 1.29 is 10.2 Å². The smallest absolute Gasteiger partial charge is 0.151 e. The quantitative estimate of drug-likeness (QED) is 0.659. The van der Waals surface area contributed by atoms with Gasteiger partial charge >= 0.3 is 0 Å². The molecule has 0 aliphatic heterocycles. The second-order valence-electron chi connectivity index (χ2n) is 6.66. The molecule has 2 unspecified atom stereocenters. The molecule has 2 atom stereocenters. The molecule has 0 amide bonds. The molecule has 0 spiro atoms. The number of hydrogen-bond donors (Lipinski definition) is 3. The predicted molar refractivity (Wildman–Crippen MR) is 101 cm³/mol. The van der Waals surface area contributed by atoms with E-state index in [1.54, 1.807) is 11.3 Å². The highest BCUT2D eigenvalue weighted by Gasteiger charge is 2.24. The number of rotatable bonds is 3. The van der Waals surface area contributed by atoms with Crippen LogP contribution in [0.15, 0.2) is 29.6 Å². The van der Waals surface area contributed by atoms with Crippen molar-refractivity contribution in [2.24, 2.45) is 0 Å². The standard InChI is InChI=1S/C19H21N3O2S/c1-11-10-15(12-6-7-17-13(18(12)24)8-9-25-17)21-22-19(11)20-14-4-2-3-5-16(14)23/h6-10,14,16,23-24H,2-5H2,1H3,(H,20,22). The number of nitrogens with one attached hydrogen (secondary N) is 1. The lowest BCUT2D eigenvalue weighted by molar-refractivity contribution is 0.116. The number of aliphatic hydroxyl groups excluding tert-OH is 1. The molecule has 4 rings (SSSR count). The van der Waals surface area contributed by atoms with Crippen molar-refractivity contribution in [1.82, 2.24) is 10.2 Å². The molecule has 5 nitrogen and oxygen atoms in total. The number of phenols is 1. The lowest BCUT2D eigenvalue weighted by atomic mass is 9.92. The number of aryl methyl sites for hydroxylation is 1. The molecule has 0 saturated heterocycles. The number of anilines is 1. The summed E-state index contributed by atoms with van der Waals surface area (Å²) < 4.78 is 1.05. The van der Waals surface area contributed by atoms with Crippen molar-refractivity contribution in [2.75, 3.05) is 5.32 Å². The average Bonchev–Trinajstić information content (AvgIpc) is 3.09. The van der Waals surface area contributed by atoms with Crippen LogP contribution in [0.3, 0.4) is 0 Å². The number of aromatic hydroxyl groups is 1. The first-order valence-electron chi connectivity index (χ1n) is 8.62. The first-order valence-corrected chi connectivity index (χ1v) is 9.50. The molecule has 1 saturated carbocycles. The summed E-state index contributed by atoms with van der Waals surface area (Å²) in [5, 5.41) is 35.4. The number of benzene rings is 1. The Bertz CT molecular complexity index is 909. The molecule has 1 aromatic carbocycles. The number of thiophene rings is 1. The number of aromatic nitrogens is 2. The van der Waals surface area contributed by atoms with Crippen LogP contribution in [0.2, 0.25) is 0 Å². The van der Waals surface area contributed by atoms with E-state index in [2.05, 4.69) is 15.5 Å². The average molecular weight is 355 g/mol. The van der Waals surface area contributed by atoms with Crippen LogP contribution >= 0.6 is 11.3 Å². The topological polar surface area (TPSA) is 78.3 Å². The minimum Gasteiger partial charge on any atom is -0.507 e. The van der Waals surface area contributed by atoms with E-state index in [1.165, 1.54) is 0 Å². The number of hydrogen-bond acceptors (Lipinski definition) is 6. The van der Waals surface area contributed by atoms with Gasteiger partial charge in [0.1, 0.15) is 5.75 Å². The molecule has 6 heteroatoms. The van der Waals surface area contributed by atoms with Gasteiger partial charge in [-0.1, -0.05) is 12.8 Å². The summed E-state index contributed by atoms with van der Waals surface area (Å²) in [6.07, 6.45) is 3.64. The second kappa shape index (κ2) is 6.61. The molecule has 3 aromatic rings. The second-order valence-corrected chi connectivity index (χ2v) is 7.61. The van der Waals surface area contributed by atoms with Crippen LogP contribution in [0.25, 0.3) is 21.3 Å². The van der Waals surface area contributed by atoms with Crippen molar-refractivity contribution in [3.63, 3.8) is 0 Å². The van der Waals surface area contributed by atoms with Gasteiger partial charge in [-0.15, -0.1) is 21.5 Å². The summed E-state index contributed by atoms with van der Waals surface area (Å²) in [6.45, 7) is 1.97. The highest BCUT2D eigenvalue weighted by atomic mass is 32.1. The summed E-state index contributed by atoms with van der Waals surface area (Å²) in [5.74, 6) is 0.946. The fourth-order valence-corrected chi connectivity index (χ4v) is 4.24. The van der Waals surface area contributed by atoms with Crippen LogP contribution in [0, 0.1) is 6.92 Å². The van der Waals surface area contributed by atoms with E-state index in [1.807, 2.05) is 36.6 Å². The van der Waals surface area contributed by atoms with Crippen LogP contribution in [0.1, 0.15) is 31.2 Å². The van der Waals surface area contributed by atoms with E-state index in [4.69, 9.17) is 0 Å². The van der Waals surface area contributed by atoms with Crippen molar-refractivity contribution in [3.8, 4) is 17.0 Å². The van der Waals surface area contributed by atoms with Gasteiger partial charge in [-0.3, -0.25) is 0 Å². The molecule has 0 radical (unpaired) electrons. The zero-order valence-corrected chi connectivity index (χ0v) is 14.9. The number of fused-ring (bicyclic) bond motifs is 1. The molecular weight excluding hydrogens is 334 g/mol. The molecule has 3 N–H and O–H groups in total. The first kappa shape index (κ1) is 16.3. The van der Waals surface area contributed by atoms with Crippen LogP contribution in [-0.4, -0.2) is 32.6 Å². The normalized spacial score (nSPS) is 20.7. The van der Waals surface area contributed by atoms with Gasteiger partial charge in [0.25, 0.3) is 0 Å². The summed E-state index contributed by atoms with van der Waals surface area (Å²) >= 11 is 1.60. The Morgan fingerprint density at radius 3 is 2.80 bits per heavy atom. The maximum atomic E-state index is 10.5. The third-order valence-corrected chi connectivity index (χ3v) is 5.80. The molecule has 2 aromatic heterocycles. The van der Waals surface area contributed by atoms with Crippen molar-refractivity contribution >= 4 is 27.2 Å². The Balaban J connectivity index is 1.63. The number of aliphatic hydroxyl groups is 1. The van der Waals surface area contributed by atoms with Gasteiger partial charge in [-0.05, 0) is 55.0 Å². The van der Waals surface area contributed by atoms with Gasteiger partial charge < -0.3 is 15.5 Å². The highest BCUT2D eigenvalue weighted by molar-refractivity contribution is 7.17. The Morgan fingerprint density at radius 1 is 1.16 bits per heavy atom. The number of nitrogens with zero attached hydrogens (tertiary/aromatic N) is 2. The maximum absolute atomic E-state index is 10.5. The monoisotopic (exact) mass is 355 g/mol. The van der Waals surface area contributed by atoms with Gasteiger partial charge in [-0.25, -0.2) is 0 Å². The minimum absolute atomic E-state index is 0.0307. The third kappa shape index (κ3) is 3.07. The largest absolute Gasteiger partial charge is 0.507 e. The molecule has 1 fully saturated rings. The van der Waals surface area contributed by atoms with Gasteiger partial charge in [-0.2, -0.15) is 0 Å². The Kier molecular flexibility index (Phi) is 4.31. The summed E-state index contributed by atoms with van der Waals surface area (Å²) in [7, 11) is 0. The van der Waals surface area contributed by atoms with E-state index in [-0.39, 0.29) is 17.9 Å². The molecular formula is C19H21N3O2S. The lowest BCUT2D eigenvalue weighted by Crippen LogP contribution is -2.36. The molecule has 2 heterocycles. The summed E-state index contributed by atoms with van der Waals surface area (Å²) in [4.78, 5) is 0. The summed E-state index contributed by atoms with van der Waals surface area (Å²) in [6, 6.07) is 7.76. The third-order valence-electron chi connectivity index (χ3n) is 4.92. The van der Waals surface area contributed by atoms with Gasteiger partial charge in [0.2, 0.25) is 0 Å². The fourth-order valence-electron chi connectivity index (χ4n) is 3.45. The minimum atomic E-state index is -0.334. The van der Waals surface area contributed by atoms with Crippen molar-refractivity contribution in [1.29, 1.82) is 0 Å². The Morgan fingerprint density at radius 2 is 2.00 bits per heavy atom. The zero-order valence-electron chi connectivity index (χ0n) is 14.1. The van der Waals surface area contributed by atoms with E-state index in [0.717, 1.165) is 41.3 Å². The van der Waals surface area contributed by atoms with Crippen LogP contribution in [0.4, 0.5) is 5.82 Å². The van der Waals surface area contributed by atoms with E-state index >= 15 is 0 Å². The van der Waals surface area contributed by atoms with Gasteiger partial charge in [0.15, 0.2) is 5.82 Å². The Hall–Kier alpha value is -2.18. The van der Waals surface area contributed by atoms with E-state index in [0.29, 0.717) is 17.1 Å². The predicted octanol–water partition coefficient (Wildman–Crippen LogP) is 4.09. The number of phenolic OH excluding ortho intramolecular Hbond substituents is 1.